The van der Waals surface area contributed by atoms with Crippen LogP contribution in [0.15, 0.2) is 0 Å². The molecular formula is C16H26N2O4S. The molecule has 0 fully saturated rings. The molecule has 0 atom stereocenters. The number of carbonyl (C=O) groups excluding carboxylic acids is 2. The highest BCUT2D eigenvalue weighted by Crippen LogP contribution is 2.05. The molecule has 0 radical (unpaired) electrons. The van der Waals surface area contributed by atoms with Gasteiger partial charge in [0, 0.05) is 44.0 Å². The number of nitrogens with zero attached hydrogens (tertiary/aromatic N) is 2. The summed E-state index contributed by atoms with van der Waals surface area (Å²) in [5.74, 6) is 2.85. The van der Waals surface area contributed by atoms with Crippen molar-refractivity contribution in [1.82, 2.24) is 9.80 Å². The van der Waals surface area contributed by atoms with Crippen molar-refractivity contribution in [2.45, 2.75) is 33.1 Å². The minimum absolute atomic E-state index is 0.0217. The summed E-state index contributed by atoms with van der Waals surface area (Å²) < 4.78 is 0. The van der Waals surface area contributed by atoms with Gasteiger partial charge in [0.15, 0.2) is 0 Å². The Kier molecular flexibility index (Phi) is 11.9. The molecule has 0 unspecified atom stereocenters. The highest BCUT2D eigenvalue weighted by atomic mass is 32.2. The summed E-state index contributed by atoms with van der Waals surface area (Å²) in [4.78, 5) is 37.5. The molecule has 0 spiro atoms. The average molecular weight is 342 g/mol. The maximum atomic E-state index is 12.0. The molecule has 0 heterocycles. The Labute approximate surface area is 142 Å². The summed E-state index contributed by atoms with van der Waals surface area (Å²) in [5, 5.41) is 8.59. The number of hydrogen-bond acceptors (Lipinski definition) is 4. The van der Waals surface area contributed by atoms with Gasteiger partial charge in [0.25, 0.3) is 0 Å². The number of terminal acetylenes is 1. The van der Waals surface area contributed by atoms with Gasteiger partial charge in [-0.1, -0.05) is 19.8 Å². The first-order chi connectivity index (χ1) is 11.0. The van der Waals surface area contributed by atoms with E-state index in [1.807, 2.05) is 0 Å². The summed E-state index contributed by atoms with van der Waals surface area (Å²) in [5.41, 5.74) is 0. The first-order valence-electron chi connectivity index (χ1n) is 7.74. The van der Waals surface area contributed by atoms with E-state index in [1.54, 1.807) is 23.6 Å². The third kappa shape index (κ3) is 9.84. The Morgan fingerprint density at radius 1 is 1.00 bits per heavy atom. The summed E-state index contributed by atoms with van der Waals surface area (Å²) >= 11 is 1.51. The monoisotopic (exact) mass is 342 g/mol. The SMILES string of the molecule is C#CCN(CCN(CCSCCC(=O)O)C(=O)CC)C(=O)CC. The van der Waals surface area contributed by atoms with Gasteiger partial charge in [0.2, 0.25) is 11.8 Å². The maximum absolute atomic E-state index is 12.0. The largest absolute Gasteiger partial charge is 0.481 e. The van der Waals surface area contributed by atoms with E-state index >= 15 is 0 Å². The fraction of sp³-hybridized carbons (Fsp3) is 0.688. The van der Waals surface area contributed by atoms with Gasteiger partial charge in [0.1, 0.15) is 0 Å². The lowest BCUT2D eigenvalue weighted by molar-refractivity contribution is -0.136. The van der Waals surface area contributed by atoms with E-state index in [0.29, 0.717) is 44.0 Å². The van der Waals surface area contributed by atoms with Crippen LogP contribution < -0.4 is 0 Å². The third-order valence-corrected chi connectivity index (χ3v) is 4.16. The van der Waals surface area contributed by atoms with Gasteiger partial charge in [-0.05, 0) is 0 Å². The topological polar surface area (TPSA) is 77.9 Å². The molecule has 0 saturated heterocycles. The van der Waals surface area contributed by atoms with E-state index in [4.69, 9.17) is 11.5 Å². The third-order valence-electron chi connectivity index (χ3n) is 3.20. The summed E-state index contributed by atoms with van der Waals surface area (Å²) in [6.45, 7) is 5.22. The predicted molar refractivity (Wildman–Crippen MR) is 92.2 cm³/mol. The lowest BCUT2D eigenvalue weighted by atomic mass is 10.3. The lowest BCUT2D eigenvalue weighted by Crippen LogP contribution is -2.41. The van der Waals surface area contributed by atoms with Crippen molar-refractivity contribution >= 4 is 29.5 Å². The zero-order chi connectivity index (χ0) is 17.7. The molecule has 23 heavy (non-hydrogen) atoms. The van der Waals surface area contributed by atoms with Crippen LogP contribution in [0.4, 0.5) is 0 Å². The van der Waals surface area contributed by atoms with Crippen molar-refractivity contribution in [2.75, 3.05) is 37.7 Å². The van der Waals surface area contributed by atoms with Gasteiger partial charge in [0.05, 0.1) is 13.0 Å². The zero-order valence-corrected chi connectivity index (χ0v) is 14.7. The van der Waals surface area contributed by atoms with E-state index in [0.717, 1.165) is 0 Å². The number of amides is 2. The van der Waals surface area contributed by atoms with Crippen LogP contribution in [-0.2, 0) is 14.4 Å². The molecule has 6 nitrogen and oxygen atoms in total. The Balaban J connectivity index is 4.38. The van der Waals surface area contributed by atoms with Crippen LogP contribution in [0.2, 0.25) is 0 Å². The minimum atomic E-state index is -0.818. The summed E-state index contributed by atoms with van der Waals surface area (Å²) in [6, 6.07) is 0. The van der Waals surface area contributed by atoms with E-state index in [9.17, 15) is 14.4 Å². The van der Waals surface area contributed by atoms with Crippen LogP contribution in [0.1, 0.15) is 33.1 Å². The normalized spacial score (nSPS) is 9.96. The number of carboxylic acid groups (broad SMARTS) is 1. The van der Waals surface area contributed by atoms with Crippen LogP contribution in [-0.4, -0.2) is 70.4 Å². The quantitative estimate of drug-likeness (QED) is 0.427. The smallest absolute Gasteiger partial charge is 0.304 e. The van der Waals surface area contributed by atoms with Crippen LogP contribution in [0, 0.1) is 12.3 Å². The Bertz CT molecular complexity index is 434. The van der Waals surface area contributed by atoms with E-state index < -0.39 is 5.97 Å². The Morgan fingerprint density at radius 2 is 1.57 bits per heavy atom. The molecule has 0 aromatic rings. The van der Waals surface area contributed by atoms with Gasteiger partial charge in [-0.15, -0.1) is 6.42 Å². The van der Waals surface area contributed by atoms with Gasteiger partial charge in [-0.25, -0.2) is 0 Å². The van der Waals surface area contributed by atoms with E-state index in [-0.39, 0.29) is 24.8 Å². The van der Waals surface area contributed by atoms with Crippen LogP contribution >= 0.6 is 11.8 Å². The lowest BCUT2D eigenvalue weighted by Gasteiger charge is -2.26. The van der Waals surface area contributed by atoms with Gasteiger partial charge < -0.3 is 14.9 Å². The van der Waals surface area contributed by atoms with Crippen molar-refractivity contribution in [3.63, 3.8) is 0 Å². The van der Waals surface area contributed by atoms with E-state index in [2.05, 4.69) is 5.92 Å². The Morgan fingerprint density at radius 3 is 2.09 bits per heavy atom. The fourth-order valence-electron chi connectivity index (χ4n) is 1.89. The molecule has 0 aromatic carbocycles. The fourth-order valence-corrected chi connectivity index (χ4v) is 2.76. The molecule has 2 amide bonds. The number of hydrogen-bond donors (Lipinski definition) is 1. The van der Waals surface area contributed by atoms with Gasteiger partial charge in [-0.2, -0.15) is 11.8 Å². The second-order valence-electron chi connectivity index (χ2n) is 4.86. The molecule has 0 aliphatic heterocycles. The molecule has 7 heteroatoms. The Hall–Kier alpha value is -1.68. The standard InChI is InChI=1S/C16H26N2O4S/c1-4-8-17(14(19)5-2)9-10-18(15(20)6-3)11-13-23-12-7-16(21)22/h1H,5-13H2,2-3H3,(H,21,22). The van der Waals surface area contributed by atoms with Crippen molar-refractivity contribution in [1.29, 1.82) is 0 Å². The van der Waals surface area contributed by atoms with Crippen LogP contribution in [0.3, 0.4) is 0 Å². The summed E-state index contributed by atoms with van der Waals surface area (Å²) in [6.07, 6.45) is 6.18. The minimum Gasteiger partial charge on any atom is -0.481 e. The maximum Gasteiger partial charge on any atom is 0.304 e. The molecular weight excluding hydrogens is 316 g/mol. The van der Waals surface area contributed by atoms with E-state index in [1.165, 1.54) is 11.8 Å². The molecule has 130 valence electrons. The predicted octanol–water partition coefficient (Wildman–Crippen LogP) is 1.30. The highest BCUT2D eigenvalue weighted by molar-refractivity contribution is 7.99. The van der Waals surface area contributed by atoms with Crippen molar-refractivity contribution in [2.24, 2.45) is 0 Å². The van der Waals surface area contributed by atoms with Crippen LogP contribution in [0.25, 0.3) is 0 Å². The first-order valence-corrected chi connectivity index (χ1v) is 8.90. The number of carboxylic acids is 1. The zero-order valence-electron chi connectivity index (χ0n) is 13.9. The molecule has 0 aromatic heterocycles. The molecule has 0 saturated carbocycles. The van der Waals surface area contributed by atoms with Gasteiger partial charge in [-0.3, -0.25) is 14.4 Å². The number of carbonyl (C=O) groups is 3. The van der Waals surface area contributed by atoms with Gasteiger partial charge >= 0.3 is 5.97 Å². The number of aliphatic carboxylic acids is 1. The first kappa shape index (κ1) is 21.3. The van der Waals surface area contributed by atoms with Crippen LogP contribution in [0.5, 0.6) is 0 Å². The molecule has 0 aliphatic rings. The molecule has 0 aliphatic carbocycles. The molecule has 1 N–H and O–H groups in total. The second kappa shape index (κ2) is 12.8. The van der Waals surface area contributed by atoms with Crippen molar-refractivity contribution in [3.05, 3.63) is 0 Å². The molecule has 0 bridgehead atoms. The number of thioether (sulfide) groups is 1. The van der Waals surface area contributed by atoms with Crippen molar-refractivity contribution in [3.8, 4) is 12.3 Å². The molecule has 0 rings (SSSR count). The van der Waals surface area contributed by atoms with Crippen molar-refractivity contribution < 1.29 is 19.5 Å². The second-order valence-corrected chi connectivity index (χ2v) is 6.09. The average Bonchev–Trinajstić information content (AvgIpc) is 2.54. The number of rotatable bonds is 12. The highest BCUT2D eigenvalue weighted by Gasteiger charge is 2.15. The summed E-state index contributed by atoms with van der Waals surface area (Å²) in [7, 11) is 0.